The highest BCUT2D eigenvalue weighted by Gasteiger charge is 2.23. The van der Waals surface area contributed by atoms with E-state index in [1.807, 2.05) is 10.8 Å². The first-order valence-corrected chi connectivity index (χ1v) is 13.5. The van der Waals surface area contributed by atoms with Gasteiger partial charge in [-0.3, -0.25) is 4.68 Å². The molecule has 0 spiro atoms. The van der Waals surface area contributed by atoms with Crippen molar-refractivity contribution in [3.05, 3.63) is 72.8 Å². The van der Waals surface area contributed by atoms with E-state index in [4.69, 9.17) is 51.1 Å². The lowest BCUT2D eigenvalue weighted by Gasteiger charge is -2.19. The standard InChI is InChI=1S/C20H16Cl4N4O4S2/c21-14-2-1-11(15(22)5-14)8-28-18-12(9-32-10-13(18)7-26-28)3-4-25-20(29)27-34(30,31)17-6-16(23)19(24)33-17/h1-3,5-7H,4,8-10H2,(H2,25,27,29)/b12-3+. The number of carbonyl (C=O) groups is 1. The van der Waals surface area contributed by atoms with Crippen LogP contribution < -0.4 is 10.0 Å². The molecule has 0 radical (unpaired) electrons. The van der Waals surface area contributed by atoms with Gasteiger partial charge in [0.25, 0.3) is 10.0 Å². The Balaban J connectivity index is 1.45. The van der Waals surface area contributed by atoms with Gasteiger partial charge in [-0.05, 0) is 23.8 Å². The van der Waals surface area contributed by atoms with E-state index < -0.39 is 16.1 Å². The number of amides is 2. The second-order valence-corrected chi connectivity index (χ2v) is 12.0. The summed E-state index contributed by atoms with van der Waals surface area (Å²) in [6.45, 7) is 1.18. The number of carbonyl (C=O) groups excluding carboxylic acids is 1. The van der Waals surface area contributed by atoms with Crippen LogP contribution in [0.2, 0.25) is 19.4 Å². The molecule has 1 aromatic carbocycles. The highest BCUT2D eigenvalue weighted by atomic mass is 35.5. The summed E-state index contributed by atoms with van der Waals surface area (Å²) in [6.07, 6.45) is 3.46. The Hall–Kier alpha value is -1.79. The zero-order valence-corrected chi connectivity index (χ0v) is 21.8. The van der Waals surface area contributed by atoms with Crippen molar-refractivity contribution >= 4 is 79.4 Å². The van der Waals surface area contributed by atoms with E-state index in [9.17, 15) is 13.2 Å². The third kappa shape index (κ3) is 5.71. The Kier molecular flexibility index (Phi) is 7.78. The second kappa shape index (κ2) is 10.4. The molecular weight excluding hydrogens is 566 g/mol. The van der Waals surface area contributed by atoms with Crippen LogP contribution in [0.15, 0.2) is 40.7 Å². The topological polar surface area (TPSA) is 102 Å². The second-order valence-electron chi connectivity index (χ2n) is 7.14. The van der Waals surface area contributed by atoms with Crippen molar-refractivity contribution in [3.8, 4) is 0 Å². The molecule has 8 nitrogen and oxygen atoms in total. The number of urea groups is 1. The van der Waals surface area contributed by atoms with Crippen molar-refractivity contribution in [2.45, 2.75) is 17.4 Å². The van der Waals surface area contributed by atoms with Crippen molar-refractivity contribution in [1.82, 2.24) is 19.8 Å². The molecule has 0 fully saturated rings. The van der Waals surface area contributed by atoms with Crippen LogP contribution in [0.4, 0.5) is 4.79 Å². The van der Waals surface area contributed by atoms with Crippen molar-refractivity contribution in [1.29, 1.82) is 0 Å². The minimum atomic E-state index is -4.10. The molecule has 0 saturated heterocycles. The molecule has 3 heterocycles. The van der Waals surface area contributed by atoms with Crippen molar-refractivity contribution < 1.29 is 17.9 Å². The Morgan fingerprint density at radius 3 is 2.68 bits per heavy atom. The zero-order chi connectivity index (χ0) is 24.5. The first-order valence-electron chi connectivity index (χ1n) is 9.65. The zero-order valence-electron chi connectivity index (χ0n) is 17.1. The maximum absolute atomic E-state index is 12.3. The van der Waals surface area contributed by atoms with E-state index >= 15 is 0 Å². The van der Waals surface area contributed by atoms with Crippen LogP contribution in [0.25, 0.3) is 5.57 Å². The van der Waals surface area contributed by atoms with Gasteiger partial charge >= 0.3 is 6.03 Å². The molecule has 2 N–H and O–H groups in total. The van der Waals surface area contributed by atoms with Gasteiger partial charge in [0.2, 0.25) is 0 Å². The maximum atomic E-state index is 12.3. The Morgan fingerprint density at radius 1 is 1.18 bits per heavy atom. The van der Waals surface area contributed by atoms with Crippen LogP contribution in [-0.2, 0) is 27.9 Å². The third-order valence-electron chi connectivity index (χ3n) is 4.80. The fourth-order valence-corrected chi connectivity index (χ4v) is 6.54. The van der Waals surface area contributed by atoms with Gasteiger partial charge in [0.15, 0.2) is 0 Å². The summed E-state index contributed by atoms with van der Waals surface area (Å²) in [5.74, 6) is 0. The number of rotatable bonds is 6. The molecule has 14 heteroatoms. The lowest BCUT2D eigenvalue weighted by Crippen LogP contribution is -2.39. The number of benzene rings is 1. The summed E-state index contributed by atoms with van der Waals surface area (Å²) >= 11 is 24.7. The van der Waals surface area contributed by atoms with E-state index in [1.54, 1.807) is 29.1 Å². The summed E-state index contributed by atoms with van der Waals surface area (Å²) in [7, 11) is -4.10. The molecule has 2 aromatic heterocycles. The normalized spacial score (nSPS) is 14.8. The first kappa shape index (κ1) is 25.3. The predicted molar refractivity (Wildman–Crippen MR) is 133 cm³/mol. The SMILES string of the molecule is O=C(NC/C=C1\COCc2cnn(Cc3ccc(Cl)cc3Cl)c21)NS(=O)(=O)c1cc(Cl)c(Cl)s1. The number of fused-ring (bicyclic) bond motifs is 1. The number of ether oxygens (including phenoxy) is 1. The molecule has 34 heavy (non-hydrogen) atoms. The molecule has 4 rings (SSSR count). The molecule has 2 amide bonds. The smallest absolute Gasteiger partial charge is 0.328 e. The molecule has 0 atom stereocenters. The summed E-state index contributed by atoms with van der Waals surface area (Å²) in [4.78, 5) is 12.2. The number of nitrogens with zero attached hydrogens (tertiary/aromatic N) is 2. The quantitative estimate of drug-likeness (QED) is 0.416. The fourth-order valence-electron chi connectivity index (χ4n) is 3.26. The number of halogens is 4. The van der Waals surface area contributed by atoms with Gasteiger partial charge in [-0.1, -0.05) is 58.5 Å². The number of nitrogens with one attached hydrogen (secondary N) is 2. The maximum Gasteiger partial charge on any atom is 0.328 e. The van der Waals surface area contributed by atoms with Crippen LogP contribution in [0.3, 0.4) is 0 Å². The molecule has 1 aliphatic rings. The highest BCUT2D eigenvalue weighted by molar-refractivity contribution is 7.92. The van der Waals surface area contributed by atoms with E-state index in [0.29, 0.717) is 29.8 Å². The number of hydrogen-bond acceptors (Lipinski definition) is 6. The molecule has 0 saturated carbocycles. The average Bonchev–Trinajstić information content (AvgIpc) is 3.34. The van der Waals surface area contributed by atoms with Gasteiger partial charge in [-0.15, -0.1) is 11.3 Å². The van der Waals surface area contributed by atoms with Crippen molar-refractivity contribution in [2.24, 2.45) is 0 Å². The first-order chi connectivity index (χ1) is 16.1. The summed E-state index contributed by atoms with van der Waals surface area (Å²) in [5.41, 5.74) is 3.39. The van der Waals surface area contributed by atoms with Gasteiger partial charge in [-0.25, -0.2) is 17.9 Å². The molecule has 0 aliphatic carbocycles. The summed E-state index contributed by atoms with van der Waals surface area (Å²) in [6, 6.07) is 5.55. The Labute approximate surface area is 219 Å². The summed E-state index contributed by atoms with van der Waals surface area (Å²) < 4.78 is 33.9. The highest BCUT2D eigenvalue weighted by Crippen LogP contribution is 2.34. The average molecular weight is 582 g/mol. The van der Waals surface area contributed by atoms with Crippen LogP contribution in [0, 0.1) is 0 Å². The van der Waals surface area contributed by atoms with Crippen LogP contribution >= 0.6 is 57.7 Å². The van der Waals surface area contributed by atoms with E-state index in [2.05, 4.69) is 10.4 Å². The van der Waals surface area contributed by atoms with E-state index in [0.717, 1.165) is 33.7 Å². The molecule has 1 aliphatic heterocycles. The number of sulfonamides is 1. The Bertz CT molecular complexity index is 1370. The van der Waals surface area contributed by atoms with Crippen molar-refractivity contribution in [3.63, 3.8) is 0 Å². The van der Waals surface area contributed by atoms with Gasteiger partial charge < -0.3 is 10.1 Å². The molecule has 3 aromatic rings. The minimum Gasteiger partial charge on any atom is -0.372 e. The van der Waals surface area contributed by atoms with Gasteiger partial charge in [0.05, 0.1) is 36.7 Å². The van der Waals surface area contributed by atoms with Crippen molar-refractivity contribution in [2.75, 3.05) is 13.2 Å². The Morgan fingerprint density at radius 2 is 1.97 bits per heavy atom. The lowest BCUT2D eigenvalue weighted by molar-refractivity contribution is 0.145. The number of thiophene rings is 1. The van der Waals surface area contributed by atoms with Crippen LogP contribution in [0.5, 0.6) is 0 Å². The van der Waals surface area contributed by atoms with Gasteiger partial charge in [-0.2, -0.15) is 5.10 Å². The van der Waals surface area contributed by atoms with Gasteiger partial charge in [0, 0.05) is 27.7 Å². The summed E-state index contributed by atoms with van der Waals surface area (Å²) in [5, 5.41) is 8.11. The largest absolute Gasteiger partial charge is 0.372 e. The lowest BCUT2D eigenvalue weighted by atomic mass is 10.1. The number of aromatic nitrogens is 2. The molecule has 0 bridgehead atoms. The molecule has 180 valence electrons. The monoisotopic (exact) mass is 580 g/mol. The van der Waals surface area contributed by atoms with Crippen LogP contribution in [0.1, 0.15) is 16.8 Å². The number of hydrogen-bond donors (Lipinski definition) is 2. The molecule has 0 unspecified atom stereocenters. The molecular formula is C20H16Cl4N4O4S2. The third-order valence-corrected chi connectivity index (χ3v) is 9.05. The predicted octanol–water partition coefficient (Wildman–Crippen LogP) is 5.21. The van der Waals surface area contributed by atoms with Crippen LogP contribution in [-0.4, -0.2) is 37.4 Å². The van der Waals surface area contributed by atoms with E-state index in [-0.39, 0.29) is 20.1 Å². The fraction of sp³-hybridized carbons (Fsp3) is 0.200. The van der Waals surface area contributed by atoms with Gasteiger partial charge in [0.1, 0.15) is 8.55 Å². The minimum absolute atomic E-state index is 0.0539. The van der Waals surface area contributed by atoms with E-state index in [1.165, 1.54) is 6.07 Å².